The van der Waals surface area contributed by atoms with Gasteiger partial charge in [-0.15, -0.1) is 0 Å². The molecule has 0 saturated carbocycles. The van der Waals surface area contributed by atoms with E-state index in [1.165, 1.54) is 12.5 Å². The molecule has 0 fully saturated rings. The van der Waals surface area contributed by atoms with Crippen LogP contribution in [0.1, 0.15) is 25.5 Å². The summed E-state index contributed by atoms with van der Waals surface area (Å²) >= 11 is 0. The maximum atomic E-state index is 11.1. The van der Waals surface area contributed by atoms with Gasteiger partial charge in [-0.3, -0.25) is 4.98 Å². The zero-order valence-electron chi connectivity index (χ0n) is 7.98. The topological polar surface area (TPSA) is 47.0 Å². The highest BCUT2D eigenvalue weighted by molar-refractivity contribution is 7.90. The van der Waals surface area contributed by atoms with Gasteiger partial charge in [0, 0.05) is 18.1 Å². The summed E-state index contributed by atoms with van der Waals surface area (Å²) in [5.41, 5.74) is 0.910. The van der Waals surface area contributed by atoms with E-state index in [2.05, 4.69) is 4.98 Å². The smallest absolute Gasteiger partial charge is 0.177 e. The minimum atomic E-state index is -3.11. The highest BCUT2D eigenvalue weighted by Crippen LogP contribution is 2.13. The predicted molar refractivity (Wildman–Crippen MR) is 51.4 cm³/mol. The Bertz CT molecular complexity index is 379. The van der Waals surface area contributed by atoms with Gasteiger partial charge in [0.1, 0.15) is 0 Å². The van der Waals surface area contributed by atoms with Gasteiger partial charge in [0.25, 0.3) is 0 Å². The first-order valence-corrected chi connectivity index (χ1v) is 5.96. The molecule has 0 aliphatic rings. The molecule has 0 unspecified atom stereocenters. The van der Waals surface area contributed by atoms with Crippen molar-refractivity contribution in [2.45, 2.75) is 24.7 Å². The molecule has 0 aliphatic carbocycles. The van der Waals surface area contributed by atoms with E-state index in [-0.39, 0.29) is 4.90 Å². The Balaban J connectivity index is 3.08. The summed E-state index contributed by atoms with van der Waals surface area (Å²) in [7, 11) is -3.11. The normalized spacial score (nSPS) is 12.0. The SMILES string of the molecule is CC(C)c1ccc(S(C)(=O)=O)cn1. The average molecular weight is 199 g/mol. The molecule has 0 bridgehead atoms. The minimum absolute atomic E-state index is 0.275. The van der Waals surface area contributed by atoms with Crippen molar-refractivity contribution in [3.8, 4) is 0 Å². The lowest BCUT2D eigenvalue weighted by atomic mass is 10.1. The van der Waals surface area contributed by atoms with Crippen molar-refractivity contribution >= 4 is 9.84 Å². The zero-order chi connectivity index (χ0) is 10.1. The second kappa shape index (κ2) is 3.46. The van der Waals surface area contributed by atoms with Crippen LogP contribution in [0.5, 0.6) is 0 Å². The molecule has 0 saturated heterocycles. The second-order valence-corrected chi connectivity index (χ2v) is 5.36. The summed E-state index contributed by atoms with van der Waals surface area (Å²) < 4.78 is 22.1. The van der Waals surface area contributed by atoms with Gasteiger partial charge in [0.05, 0.1) is 4.90 Å². The van der Waals surface area contributed by atoms with Crippen LogP contribution in [0, 0.1) is 0 Å². The standard InChI is InChI=1S/C9H13NO2S/c1-7(2)9-5-4-8(6-10-9)13(3,11)12/h4-7H,1-3H3. The number of rotatable bonds is 2. The molecule has 0 atom stereocenters. The fourth-order valence-electron chi connectivity index (χ4n) is 0.953. The number of aromatic nitrogens is 1. The van der Waals surface area contributed by atoms with E-state index in [9.17, 15) is 8.42 Å². The van der Waals surface area contributed by atoms with E-state index in [4.69, 9.17) is 0 Å². The number of hydrogen-bond acceptors (Lipinski definition) is 3. The van der Waals surface area contributed by atoms with E-state index < -0.39 is 9.84 Å². The van der Waals surface area contributed by atoms with Gasteiger partial charge in [-0.05, 0) is 18.1 Å². The fourth-order valence-corrected chi connectivity index (χ4v) is 1.51. The van der Waals surface area contributed by atoms with Crippen molar-refractivity contribution in [1.29, 1.82) is 0 Å². The average Bonchev–Trinajstić information content (AvgIpc) is 2.03. The van der Waals surface area contributed by atoms with Gasteiger partial charge in [-0.2, -0.15) is 0 Å². The Hall–Kier alpha value is -0.900. The van der Waals surface area contributed by atoms with Gasteiger partial charge in [0.15, 0.2) is 9.84 Å². The molecule has 13 heavy (non-hydrogen) atoms. The molecule has 1 heterocycles. The highest BCUT2D eigenvalue weighted by atomic mass is 32.2. The molecular formula is C9H13NO2S. The summed E-state index contributed by atoms with van der Waals surface area (Å²) in [4.78, 5) is 4.34. The van der Waals surface area contributed by atoms with Crippen LogP contribution in [0.25, 0.3) is 0 Å². The van der Waals surface area contributed by atoms with Crippen molar-refractivity contribution in [3.05, 3.63) is 24.0 Å². The van der Waals surface area contributed by atoms with Crippen molar-refractivity contribution in [3.63, 3.8) is 0 Å². The molecule has 0 aromatic carbocycles. The lowest BCUT2D eigenvalue weighted by molar-refractivity contribution is 0.601. The zero-order valence-corrected chi connectivity index (χ0v) is 8.80. The third-order valence-electron chi connectivity index (χ3n) is 1.78. The fraction of sp³-hybridized carbons (Fsp3) is 0.444. The van der Waals surface area contributed by atoms with Gasteiger partial charge in [0.2, 0.25) is 0 Å². The molecule has 3 nitrogen and oxygen atoms in total. The Kier molecular flexibility index (Phi) is 2.71. The first kappa shape index (κ1) is 10.2. The molecule has 4 heteroatoms. The summed E-state index contributed by atoms with van der Waals surface area (Å²) in [6.07, 6.45) is 2.59. The lowest BCUT2D eigenvalue weighted by Crippen LogP contribution is -1.99. The number of nitrogens with zero attached hydrogens (tertiary/aromatic N) is 1. The van der Waals surface area contributed by atoms with Crippen molar-refractivity contribution in [2.24, 2.45) is 0 Å². The first-order chi connectivity index (χ1) is 5.91. The molecule has 0 amide bonds. The predicted octanol–water partition coefficient (Wildman–Crippen LogP) is 1.61. The Morgan fingerprint density at radius 3 is 2.23 bits per heavy atom. The largest absolute Gasteiger partial charge is 0.260 e. The summed E-state index contributed by atoms with van der Waals surface area (Å²) in [6, 6.07) is 3.35. The highest BCUT2D eigenvalue weighted by Gasteiger charge is 2.07. The molecular weight excluding hydrogens is 186 g/mol. The third kappa shape index (κ3) is 2.52. The van der Waals surface area contributed by atoms with E-state index in [0.29, 0.717) is 5.92 Å². The number of sulfone groups is 1. The van der Waals surface area contributed by atoms with Crippen LogP contribution in [-0.2, 0) is 9.84 Å². The monoisotopic (exact) mass is 199 g/mol. The van der Waals surface area contributed by atoms with E-state index >= 15 is 0 Å². The first-order valence-electron chi connectivity index (χ1n) is 4.07. The summed E-state index contributed by atoms with van der Waals surface area (Å²) in [5, 5.41) is 0. The van der Waals surface area contributed by atoms with Gasteiger partial charge < -0.3 is 0 Å². The summed E-state index contributed by atoms with van der Waals surface area (Å²) in [5.74, 6) is 0.327. The van der Waals surface area contributed by atoms with Gasteiger partial charge in [-0.1, -0.05) is 13.8 Å². The molecule has 1 aromatic rings. The van der Waals surface area contributed by atoms with E-state index in [0.717, 1.165) is 5.69 Å². The van der Waals surface area contributed by atoms with E-state index in [1.54, 1.807) is 12.1 Å². The Morgan fingerprint density at radius 2 is 1.92 bits per heavy atom. The van der Waals surface area contributed by atoms with Crippen LogP contribution in [0.4, 0.5) is 0 Å². The number of hydrogen-bond donors (Lipinski definition) is 0. The van der Waals surface area contributed by atoms with Crippen LogP contribution in [0.2, 0.25) is 0 Å². The second-order valence-electron chi connectivity index (χ2n) is 3.35. The van der Waals surface area contributed by atoms with Gasteiger partial charge >= 0.3 is 0 Å². The van der Waals surface area contributed by atoms with Gasteiger partial charge in [-0.25, -0.2) is 8.42 Å². The Labute approximate surface area is 78.7 Å². The third-order valence-corrected chi connectivity index (χ3v) is 2.88. The molecule has 0 aliphatic heterocycles. The molecule has 1 rings (SSSR count). The van der Waals surface area contributed by atoms with Crippen molar-refractivity contribution in [2.75, 3.05) is 6.26 Å². The van der Waals surface area contributed by atoms with Crippen LogP contribution in [0.3, 0.4) is 0 Å². The molecule has 1 aromatic heterocycles. The Morgan fingerprint density at radius 1 is 1.31 bits per heavy atom. The quantitative estimate of drug-likeness (QED) is 0.727. The molecule has 0 N–H and O–H groups in total. The molecule has 0 radical (unpaired) electrons. The van der Waals surface area contributed by atoms with Crippen LogP contribution >= 0.6 is 0 Å². The van der Waals surface area contributed by atoms with Crippen LogP contribution < -0.4 is 0 Å². The maximum absolute atomic E-state index is 11.1. The molecule has 0 spiro atoms. The maximum Gasteiger partial charge on any atom is 0.177 e. The number of pyridine rings is 1. The van der Waals surface area contributed by atoms with Crippen LogP contribution in [0.15, 0.2) is 23.2 Å². The minimum Gasteiger partial charge on any atom is -0.260 e. The molecule has 72 valence electrons. The summed E-state index contributed by atoms with van der Waals surface area (Å²) in [6.45, 7) is 4.03. The van der Waals surface area contributed by atoms with Crippen molar-refractivity contribution < 1.29 is 8.42 Å². The van der Waals surface area contributed by atoms with E-state index in [1.807, 2.05) is 13.8 Å². The van der Waals surface area contributed by atoms with Crippen molar-refractivity contribution in [1.82, 2.24) is 4.98 Å². The lowest BCUT2D eigenvalue weighted by Gasteiger charge is -2.04. The van der Waals surface area contributed by atoms with Crippen LogP contribution in [-0.4, -0.2) is 19.7 Å².